The molecule has 4 nitrogen and oxygen atoms in total. The standard InChI is InChI=1S/C16H26N2O2.ClH/c1-20-15(13-17)12-16(19)18-11-7-3-6-10-14-8-4-2-5-9-14;/h2,4-5,8-9,15H,3,6-7,10-13,17H2,1H3,(H,18,19);1H. The van der Waals surface area contributed by atoms with Crippen molar-refractivity contribution in [1.82, 2.24) is 5.32 Å². The monoisotopic (exact) mass is 314 g/mol. The number of unbranched alkanes of at least 4 members (excludes halogenated alkanes) is 2. The molecule has 0 saturated carbocycles. The number of carbonyl (C=O) groups is 1. The van der Waals surface area contributed by atoms with Crippen molar-refractivity contribution in [1.29, 1.82) is 0 Å². The highest BCUT2D eigenvalue weighted by molar-refractivity contribution is 5.85. The normalized spacial score (nSPS) is 11.5. The maximum Gasteiger partial charge on any atom is 0.222 e. The number of aryl methyl sites for hydroxylation is 1. The summed E-state index contributed by atoms with van der Waals surface area (Å²) in [4.78, 5) is 11.6. The van der Waals surface area contributed by atoms with Crippen LogP contribution < -0.4 is 11.1 Å². The molecule has 0 aliphatic heterocycles. The third-order valence-electron chi connectivity index (χ3n) is 3.32. The van der Waals surface area contributed by atoms with Crippen LogP contribution in [-0.2, 0) is 16.0 Å². The molecule has 0 aromatic heterocycles. The van der Waals surface area contributed by atoms with Crippen LogP contribution in [0.15, 0.2) is 30.3 Å². The fraction of sp³-hybridized carbons (Fsp3) is 0.562. The predicted molar refractivity (Wildman–Crippen MR) is 88.7 cm³/mol. The molecule has 1 rings (SSSR count). The number of hydrogen-bond donors (Lipinski definition) is 2. The van der Waals surface area contributed by atoms with E-state index < -0.39 is 0 Å². The van der Waals surface area contributed by atoms with Gasteiger partial charge >= 0.3 is 0 Å². The number of nitrogens with one attached hydrogen (secondary N) is 1. The number of amides is 1. The SMILES string of the molecule is COC(CN)CC(=O)NCCCCCc1ccccc1.Cl. The Kier molecular flexibility index (Phi) is 12.0. The Balaban J connectivity index is 0.00000400. The maximum atomic E-state index is 11.6. The number of hydrogen-bond acceptors (Lipinski definition) is 3. The summed E-state index contributed by atoms with van der Waals surface area (Å²) in [5.41, 5.74) is 6.85. The Morgan fingerprint density at radius 2 is 1.95 bits per heavy atom. The number of benzene rings is 1. The molecule has 1 aromatic carbocycles. The minimum absolute atomic E-state index is 0. The van der Waals surface area contributed by atoms with Gasteiger partial charge in [-0.15, -0.1) is 12.4 Å². The highest BCUT2D eigenvalue weighted by Gasteiger charge is 2.10. The van der Waals surface area contributed by atoms with E-state index in [4.69, 9.17) is 10.5 Å². The zero-order chi connectivity index (χ0) is 14.6. The molecule has 0 fully saturated rings. The first-order valence-electron chi connectivity index (χ1n) is 7.29. The minimum Gasteiger partial charge on any atom is -0.380 e. The van der Waals surface area contributed by atoms with Gasteiger partial charge in [-0.2, -0.15) is 0 Å². The van der Waals surface area contributed by atoms with Crippen LogP contribution >= 0.6 is 12.4 Å². The summed E-state index contributed by atoms with van der Waals surface area (Å²) < 4.78 is 5.08. The Labute approximate surface area is 133 Å². The molecule has 0 aliphatic carbocycles. The Hall–Kier alpha value is -1.10. The summed E-state index contributed by atoms with van der Waals surface area (Å²) in [5, 5.41) is 2.91. The number of halogens is 1. The lowest BCUT2D eigenvalue weighted by Crippen LogP contribution is -2.32. The highest BCUT2D eigenvalue weighted by Crippen LogP contribution is 2.05. The number of nitrogens with two attached hydrogens (primary N) is 1. The smallest absolute Gasteiger partial charge is 0.222 e. The van der Waals surface area contributed by atoms with Crippen molar-refractivity contribution in [2.45, 2.75) is 38.2 Å². The van der Waals surface area contributed by atoms with Crippen LogP contribution in [0.5, 0.6) is 0 Å². The van der Waals surface area contributed by atoms with Gasteiger partial charge in [0.25, 0.3) is 0 Å². The second-order valence-corrected chi connectivity index (χ2v) is 4.94. The zero-order valence-electron chi connectivity index (χ0n) is 12.7. The van der Waals surface area contributed by atoms with Crippen molar-refractivity contribution in [2.75, 3.05) is 20.2 Å². The van der Waals surface area contributed by atoms with Crippen molar-refractivity contribution in [2.24, 2.45) is 5.73 Å². The minimum atomic E-state index is -0.173. The van der Waals surface area contributed by atoms with Crippen LogP contribution in [0.25, 0.3) is 0 Å². The molecule has 3 N–H and O–H groups in total. The second-order valence-electron chi connectivity index (χ2n) is 4.94. The van der Waals surface area contributed by atoms with Gasteiger partial charge in [0.2, 0.25) is 5.91 Å². The molecule has 1 unspecified atom stereocenters. The van der Waals surface area contributed by atoms with Gasteiger partial charge in [-0.25, -0.2) is 0 Å². The molecular formula is C16H27ClN2O2. The zero-order valence-corrected chi connectivity index (χ0v) is 13.5. The lowest BCUT2D eigenvalue weighted by molar-refractivity contribution is -0.123. The molecule has 1 atom stereocenters. The lowest BCUT2D eigenvalue weighted by Gasteiger charge is -2.12. The van der Waals surface area contributed by atoms with Crippen molar-refractivity contribution in [3.05, 3.63) is 35.9 Å². The first-order chi connectivity index (χ1) is 9.76. The van der Waals surface area contributed by atoms with E-state index in [1.807, 2.05) is 6.07 Å². The fourth-order valence-corrected chi connectivity index (χ4v) is 2.05. The van der Waals surface area contributed by atoms with E-state index >= 15 is 0 Å². The number of rotatable bonds is 10. The average molecular weight is 315 g/mol. The van der Waals surface area contributed by atoms with Crippen LogP contribution in [0.1, 0.15) is 31.2 Å². The van der Waals surface area contributed by atoms with Gasteiger partial charge in [0.05, 0.1) is 12.5 Å². The summed E-state index contributed by atoms with van der Waals surface area (Å²) >= 11 is 0. The number of ether oxygens (including phenoxy) is 1. The third kappa shape index (κ3) is 9.45. The molecule has 120 valence electrons. The molecular weight excluding hydrogens is 288 g/mol. The molecule has 0 bridgehead atoms. The fourth-order valence-electron chi connectivity index (χ4n) is 2.05. The van der Waals surface area contributed by atoms with Crippen LogP contribution in [-0.4, -0.2) is 32.2 Å². The quantitative estimate of drug-likeness (QED) is 0.651. The molecule has 21 heavy (non-hydrogen) atoms. The molecule has 0 radical (unpaired) electrons. The Morgan fingerprint density at radius 3 is 2.57 bits per heavy atom. The first-order valence-corrected chi connectivity index (χ1v) is 7.29. The second kappa shape index (κ2) is 12.6. The van der Waals surface area contributed by atoms with Crippen molar-refractivity contribution in [3.63, 3.8) is 0 Å². The molecule has 0 saturated heterocycles. The molecule has 0 aliphatic rings. The molecule has 1 amide bonds. The molecule has 1 aromatic rings. The summed E-state index contributed by atoms with van der Waals surface area (Å²) in [6, 6.07) is 10.5. The van der Waals surface area contributed by atoms with E-state index in [0.717, 1.165) is 32.2 Å². The third-order valence-corrected chi connectivity index (χ3v) is 3.32. The van der Waals surface area contributed by atoms with E-state index in [0.29, 0.717) is 13.0 Å². The molecule has 5 heteroatoms. The van der Waals surface area contributed by atoms with Gasteiger partial charge in [0, 0.05) is 20.2 Å². The van der Waals surface area contributed by atoms with Crippen LogP contribution in [0, 0.1) is 0 Å². The summed E-state index contributed by atoms with van der Waals surface area (Å²) in [6.45, 7) is 1.11. The van der Waals surface area contributed by atoms with Gasteiger partial charge in [-0.3, -0.25) is 4.79 Å². The van der Waals surface area contributed by atoms with Gasteiger partial charge in [-0.05, 0) is 24.8 Å². The van der Waals surface area contributed by atoms with E-state index in [2.05, 4.69) is 29.6 Å². The maximum absolute atomic E-state index is 11.6. The van der Waals surface area contributed by atoms with Gasteiger partial charge in [-0.1, -0.05) is 36.8 Å². The summed E-state index contributed by atoms with van der Waals surface area (Å²) in [6.07, 6.45) is 4.57. The summed E-state index contributed by atoms with van der Waals surface area (Å²) in [7, 11) is 1.58. The Bertz CT molecular complexity index is 370. The largest absolute Gasteiger partial charge is 0.380 e. The van der Waals surface area contributed by atoms with E-state index in [9.17, 15) is 4.79 Å². The van der Waals surface area contributed by atoms with Crippen molar-refractivity contribution in [3.8, 4) is 0 Å². The molecule has 0 heterocycles. The lowest BCUT2D eigenvalue weighted by atomic mass is 10.1. The predicted octanol–water partition coefficient (Wildman–Crippen LogP) is 2.30. The van der Waals surface area contributed by atoms with Gasteiger partial charge in [0.15, 0.2) is 0 Å². The van der Waals surface area contributed by atoms with Crippen molar-refractivity contribution >= 4 is 18.3 Å². The van der Waals surface area contributed by atoms with E-state index in [1.165, 1.54) is 5.56 Å². The first kappa shape index (κ1) is 19.9. The number of carbonyl (C=O) groups excluding carboxylic acids is 1. The topological polar surface area (TPSA) is 64.3 Å². The average Bonchev–Trinajstić information content (AvgIpc) is 2.49. The van der Waals surface area contributed by atoms with Crippen LogP contribution in [0.3, 0.4) is 0 Å². The number of methoxy groups -OCH3 is 1. The Morgan fingerprint density at radius 1 is 1.24 bits per heavy atom. The van der Waals surface area contributed by atoms with Crippen LogP contribution in [0.4, 0.5) is 0 Å². The van der Waals surface area contributed by atoms with E-state index in [-0.39, 0.29) is 24.4 Å². The molecule has 0 spiro atoms. The highest BCUT2D eigenvalue weighted by atomic mass is 35.5. The van der Waals surface area contributed by atoms with E-state index in [1.54, 1.807) is 7.11 Å². The van der Waals surface area contributed by atoms with Crippen molar-refractivity contribution < 1.29 is 9.53 Å². The van der Waals surface area contributed by atoms with Crippen LogP contribution in [0.2, 0.25) is 0 Å². The van der Waals surface area contributed by atoms with Gasteiger partial charge in [0.1, 0.15) is 0 Å². The van der Waals surface area contributed by atoms with Gasteiger partial charge < -0.3 is 15.8 Å². The summed E-state index contributed by atoms with van der Waals surface area (Å²) in [5.74, 6) is 0.0189.